The molecule has 10 heteroatoms. The van der Waals surface area contributed by atoms with E-state index in [-0.39, 0.29) is 28.1 Å². The minimum Gasteiger partial charge on any atom is -0.465 e. The summed E-state index contributed by atoms with van der Waals surface area (Å²) in [6.07, 6.45) is 0. The number of nitrogens with two attached hydrogens (primary N) is 1. The number of ether oxygens (including phenoxy) is 2. The number of hydrogen-bond acceptors (Lipinski definition) is 7. The fraction of sp³-hybridized carbons (Fsp3) is 0.111. The average Bonchev–Trinajstić information content (AvgIpc) is 2.72. The Labute approximate surface area is 158 Å². The van der Waals surface area contributed by atoms with Crippen LogP contribution in [0.4, 0.5) is 8.78 Å². The maximum atomic E-state index is 13.3. The molecule has 2 aromatic rings. The first-order valence-corrected chi connectivity index (χ1v) is 7.42. The van der Waals surface area contributed by atoms with Gasteiger partial charge < -0.3 is 20.4 Å². The molecule has 0 radical (unpaired) electrons. The fourth-order valence-corrected chi connectivity index (χ4v) is 1.87. The molecule has 2 rings (SSSR count). The molecule has 0 unspecified atom stereocenters. The van der Waals surface area contributed by atoms with Crippen molar-refractivity contribution in [3.05, 3.63) is 70.3 Å². The summed E-state index contributed by atoms with van der Waals surface area (Å²) in [6.45, 7) is 0. The third-order valence-electron chi connectivity index (χ3n) is 3.28. The van der Waals surface area contributed by atoms with Crippen LogP contribution in [0.1, 0.15) is 31.8 Å². The predicted molar refractivity (Wildman–Crippen MR) is 92.7 cm³/mol. The Morgan fingerprint density at radius 3 is 1.93 bits per heavy atom. The Bertz CT molecular complexity index is 955. The Morgan fingerprint density at radius 1 is 1.04 bits per heavy atom. The molecule has 146 valence electrons. The molecule has 0 aliphatic rings. The van der Waals surface area contributed by atoms with Crippen LogP contribution in [0.25, 0.3) is 0 Å². The topological polar surface area (TPSA) is 135 Å². The van der Waals surface area contributed by atoms with Gasteiger partial charge >= 0.3 is 11.9 Å². The van der Waals surface area contributed by atoms with Crippen LogP contribution in [0.3, 0.4) is 0 Å². The van der Waals surface area contributed by atoms with Gasteiger partial charge in [0.15, 0.2) is 5.84 Å². The van der Waals surface area contributed by atoms with Gasteiger partial charge in [0.05, 0.1) is 36.5 Å². The van der Waals surface area contributed by atoms with Crippen LogP contribution < -0.4 is 5.73 Å². The molecule has 0 bridgehead atoms. The molecule has 3 N–H and O–H groups in total. The monoisotopic (exact) mass is 391 g/mol. The van der Waals surface area contributed by atoms with E-state index in [1.54, 1.807) is 6.07 Å². The van der Waals surface area contributed by atoms with E-state index in [0.29, 0.717) is 0 Å². The lowest BCUT2D eigenvalue weighted by molar-refractivity contribution is 0.0591. The number of halogens is 2. The summed E-state index contributed by atoms with van der Waals surface area (Å²) in [5, 5.41) is 19.4. The highest BCUT2D eigenvalue weighted by atomic mass is 19.1. The zero-order valence-electron chi connectivity index (χ0n) is 14.8. The molecule has 8 nitrogen and oxygen atoms in total. The minimum atomic E-state index is -0.756. The number of rotatable bonds is 3. The standard InChI is InChI=1S/C9H9FN2O3.C9H6FNO2/c1-15-9(13)5-2-3-6(7(10)4-5)8(11)12-14;1-13-9(12)6-2-3-7(5-11)8(10)4-6/h2-4,14H,1H3,(H2,11,12);2-4H,1H3. The summed E-state index contributed by atoms with van der Waals surface area (Å²) >= 11 is 0. The number of carbonyl (C=O) groups is 2. The van der Waals surface area contributed by atoms with Gasteiger partial charge in [0, 0.05) is 0 Å². The average molecular weight is 391 g/mol. The minimum absolute atomic E-state index is 0.0597. The highest BCUT2D eigenvalue weighted by Gasteiger charge is 2.12. The maximum absolute atomic E-state index is 13.3. The number of methoxy groups -OCH3 is 2. The molecule has 2 aromatic carbocycles. The summed E-state index contributed by atoms with van der Waals surface area (Å²) < 4.78 is 35.0. The third-order valence-corrected chi connectivity index (χ3v) is 3.28. The Kier molecular flexibility index (Phi) is 8.05. The molecule has 0 atom stereocenters. The van der Waals surface area contributed by atoms with E-state index in [4.69, 9.17) is 16.2 Å². The molecule has 0 aliphatic heterocycles. The molecule has 0 heterocycles. The Morgan fingerprint density at radius 2 is 1.54 bits per heavy atom. The van der Waals surface area contributed by atoms with E-state index in [1.807, 2.05) is 0 Å². The van der Waals surface area contributed by atoms with Crippen molar-refractivity contribution in [2.24, 2.45) is 10.9 Å². The highest BCUT2D eigenvalue weighted by molar-refractivity contribution is 5.98. The number of amidine groups is 1. The number of nitrogens with zero attached hydrogens (tertiary/aromatic N) is 2. The SMILES string of the molecule is COC(=O)c1ccc(C#N)c(F)c1.COC(=O)c1ccc(C(N)=NO)c(F)c1. The van der Waals surface area contributed by atoms with E-state index >= 15 is 0 Å². The summed E-state index contributed by atoms with van der Waals surface area (Å²) in [4.78, 5) is 21.9. The van der Waals surface area contributed by atoms with Gasteiger partial charge in [0.1, 0.15) is 17.7 Å². The molecule has 0 saturated heterocycles. The second-order valence-corrected chi connectivity index (χ2v) is 4.97. The van der Waals surface area contributed by atoms with E-state index in [2.05, 4.69) is 14.6 Å². The van der Waals surface area contributed by atoms with Gasteiger partial charge in [-0.05, 0) is 36.4 Å². The Hall–Kier alpha value is -4.00. The second kappa shape index (κ2) is 10.2. The van der Waals surface area contributed by atoms with Gasteiger partial charge in [0.2, 0.25) is 0 Å². The van der Waals surface area contributed by atoms with Gasteiger partial charge in [-0.15, -0.1) is 0 Å². The molecule has 0 aromatic heterocycles. The van der Waals surface area contributed by atoms with Crippen LogP contribution in [0.15, 0.2) is 41.6 Å². The first-order chi connectivity index (χ1) is 13.3. The summed E-state index contributed by atoms with van der Waals surface area (Å²) in [5.74, 6) is -3.11. The van der Waals surface area contributed by atoms with Crippen molar-refractivity contribution in [1.29, 1.82) is 5.26 Å². The highest BCUT2D eigenvalue weighted by Crippen LogP contribution is 2.11. The van der Waals surface area contributed by atoms with Crippen molar-refractivity contribution < 1.29 is 33.1 Å². The van der Waals surface area contributed by atoms with Crippen LogP contribution in [0, 0.1) is 23.0 Å². The molecule has 0 fully saturated rings. The number of nitriles is 1. The van der Waals surface area contributed by atoms with Gasteiger partial charge in [-0.1, -0.05) is 5.16 Å². The number of oxime groups is 1. The van der Waals surface area contributed by atoms with Gasteiger partial charge in [-0.2, -0.15) is 5.26 Å². The van der Waals surface area contributed by atoms with Crippen molar-refractivity contribution in [1.82, 2.24) is 0 Å². The summed E-state index contributed by atoms with van der Waals surface area (Å²) in [5.41, 5.74) is 5.18. The summed E-state index contributed by atoms with van der Waals surface area (Å²) in [7, 11) is 2.40. The van der Waals surface area contributed by atoms with E-state index < -0.39 is 23.6 Å². The van der Waals surface area contributed by atoms with Crippen LogP contribution in [0.2, 0.25) is 0 Å². The lowest BCUT2D eigenvalue weighted by Gasteiger charge is -2.03. The third kappa shape index (κ3) is 5.50. The van der Waals surface area contributed by atoms with Gasteiger partial charge in [-0.25, -0.2) is 18.4 Å². The second-order valence-electron chi connectivity index (χ2n) is 4.97. The van der Waals surface area contributed by atoms with Crippen LogP contribution in [-0.4, -0.2) is 37.2 Å². The molecule has 0 saturated carbocycles. The van der Waals surface area contributed by atoms with Crippen molar-refractivity contribution >= 4 is 17.8 Å². The van der Waals surface area contributed by atoms with Crippen LogP contribution >= 0.6 is 0 Å². The van der Waals surface area contributed by atoms with Crippen molar-refractivity contribution in [3.8, 4) is 6.07 Å². The number of carbonyl (C=O) groups excluding carboxylic acids is 2. The molecule has 28 heavy (non-hydrogen) atoms. The predicted octanol–water partition coefficient (Wildman–Crippen LogP) is 2.19. The van der Waals surface area contributed by atoms with Gasteiger partial charge in [-0.3, -0.25) is 0 Å². The largest absolute Gasteiger partial charge is 0.465 e. The zero-order valence-corrected chi connectivity index (χ0v) is 14.8. The number of benzene rings is 2. The number of esters is 2. The lowest BCUT2D eigenvalue weighted by Crippen LogP contribution is -2.15. The molecule has 0 aliphatic carbocycles. The van der Waals surface area contributed by atoms with E-state index in [0.717, 1.165) is 12.1 Å². The van der Waals surface area contributed by atoms with E-state index in [1.165, 1.54) is 38.5 Å². The smallest absolute Gasteiger partial charge is 0.337 e. The van der Waals surface area contributed by atoms with Crippen LogP contribution in [0.5, 0.6) is 0 Å². The fourth-order valence-electron chi connectivity index (χ4n) is 1.87. The first-order valence-electron chi connectivity index (χ1n) is 7.42. The van der Waals surface area contributed by atoms with Crippen molar-refractivity contribution in [2.75, 3.05) is 14.2 Å². The summed E-state index contributed by atoms with van der Waals surface area (Å²) in [6, 6.07) is 8.72. The van der Waals surface area contributed by atoms with Crippen molar-refractivity contribution in [2.45, 2.75) is 0 Å². The molecular weight excluding hydrogens is 376 g/mol. The lowest BCUT2D eigenvalue weighted by atomic mass is 10.1. The molecule has 0 spiro atoms. The normalized spacial score (nSPS) is 10.2. The van der Waals surface area contributed by atoms with Crippen LogP contribution in [-0.2, 0) is 9.47 Å². The van der Waals surface area contributed by atoms with Gasteiger partial charge in [0.25, 0.3) is 0 Å². The Balaban J connectivity index is 0.000000283. The maximum Gasteiger partial charge on any atom is 0.337 e. The zero-order chi connectivity index (χ0) is 21.3. The number of hydrogen-bond donors (Lipinski definition) is 2. The quantitative estimate of drug-likeness (QED) is 0.269. The molecule has 0 amide bonds. The molecular formula is C18H15F2N3O5. The first kappa shape index (κ1) is 22.0. The van der Waals surface area contributed by atoms with E-state index in [9.17, 15) is 18.4 Å². The van der Waals surface area contributed by atoms with Crippen molar-refractivity contribution in [3.63, 3.8) is 0 Å².